The van der Waals surface area contributed by atoms with Crippen LogP contribution < -0.4 is 15.1 Å². The monoisotopic (exact) mass is 358 g/mol. The molecule has 5 nitrogen and oxygen atoms in total. The minimum absolute atomic E-state index is 0.200. The van der Waals surface area contributed by atoms with Crippen molar-refractivity contribution >= 4 is 28.4 Å². The Hall–Kier alpha value is -2.79. The zero-order chi connectivity index (χ0) is 18.0. The highest BCUT2D eigenvalue weighted by atomic mass is 35.5. The van der Waals surface area contributed by atoms with Gasteiger partial charge in [0.25, 0.3) is 0 Å². The molecule has 0 amide bonds. The van der Waals surface area contributed by atoms with Crippen LogP contribution in [0.25, 0.3) is 11.0 Å². The van der Waals surface area contributed by atoms with Crippen molar-refractivity contribution in [3.05, 3.63) is 69.0 Å². The lowest BCUT2D eigenvalue weighted by molar-refractivity contribution is 0.0921. The number of ketones is 1. The number of carbonyl (C=O) groups excluding carboxylic acids is 1. The zero-order valence-electron chi connectivity index (χ0n) is 13.7. The second kappa shape index (κ2) is 6.99. The minimum atomic E-state index is -0.453. The first-order chi connectivity index (χ1) is 12.0. The molecule has 0 saturated carbocycles. The van der Waals surface area contributed by atoms with Crippen LogP contribution in [0.4, 0.5) is 0 Å². The maximum absolute atomic E-state index is 12.3. The van der Waals surface area contributed by atoms with E-state index in [0.29, 0.717) is 21.9 Å². The maximum Gasteiger partial charge on any atom is 0.336 e. The third kappa shape index (κ3) is 3.67. The van der Waals surface area contributed by atoms with Gasteiger partial charge in [0, 0.05) is 23.1 Å². The number of Topliss-reactive ketones (excluding diaryl/α,β-unsaturated/α-hetero) is 1. The fourth-order valence-electron chi connectivity index (χ4n) is 2.45. The fourth-order valence-corrected chi connectivity index (χ4v) is 2.67. The van der Waals surface area contributed by atoms with Gasteiger partial charge in [-0.15, -0.1) is 0 Å². The lowest BCUT2D eigenvalue weighted by Gasteiger charge is -2.10. The van der Waals surface area contributed by atoms with Gasteiger partial charge >= 0.3 is 5.63 Å². The van der Waals surface area contributed by atoms with Gasteiger partial charge in [-0.05, 0) is 30.7 Å². The first kappa shape index (κ1) is 17.0. The summed E-state index contributed by atoms with van der Waals surface area (Å²) >= 11 is 6.22. The smallest absolute Gasteiger partial charge is 0.336 e. The van der Waals surface area contributed by atoms with Crippen LogP contribution in [0.5, 0.6) is 11.5 Å². The van der Waals surface area contributed by atoms with E-state index in [1.54, 1.807) is 37.3 Å². The van der Waals surface area contributed by atoms with E-state index in [1.165, 1.54) is 19.2 Å². The summed E-state index contributed by atoms with van der Waals surface area (Å²) in [5.41, 5.74) is 1.13. The van der Waals surface area contributed by atoms with Gasteiger partial charge in [0.15, 0.2) is 12.4 Å². The van der Waals surface area contributed by atoms with Gasteiger partial charge in [-0.2, -0.15) is 0 Å². The van der Waals surface area contributed by atoms with Crippen molar-refractivity contribution in [2.24, 2.45) is 0 Å². The molecular formula is C19H15ClO5. The topological polar surface area (TPSA) is 65.7 Å². The largest absolute Gasteiger partial charge is 0.497 e. The van der Waals surface area contributed by atoms with Crippen LogP contribution in [0.1, 0.15) is 15.9 Å². The Morgan fingerprint density at radius 2 is 2.00 bits per heavy atom. The zero-order valence-corrected chi connectivity index (χ0v) is 14.4. The molecule has 3 aromatic rings. The van der Waals surface area contributed by atoms with E-state index in [4.69, 9.17) is 25.5 Å². The molecular weight excluding hydrogens is 344 g/mol. The summed E-state index contributed by atoms with van der Waals surface area (Å²) in [5.74, 6) is 0.645. The summed E-state index contributed by atoms with van der Waals surface area (Å²) in [5, 5.41) is 1.05. The summed E-state index contributed by atoms with van der Waals surface area (Å²) in [4.78, 5) is 23.8. The third-order valence-electron chi connectivity index (χ3n) is 3.75. The highest BCUT2D eigenvalue weighted by molar-refractivity contribution is 6.32. The molecule has 0 aliphatic rings. The van der Waals surface area contributed by atoms with Gasteiger partial charge in [0.1, 0.15) is 17.1 Å². The van der Waals surface area contributed by atoms with Crippen molar-refractivity contribution in [3.8, 4) is 11.5 Å². The average Bonchev–Trinajstić information content (AvgIpc) is 2.60. The first-order valence-corrected chi connectivity index (χ1v) is 7.90. The number of benzene rings is 2. The van der Waals surface area contributed by atoms with Crippen LogP contribution in [-0.4, -0.2) is 19.5 Å². The van der Waals surface area contributed by atoms with Gasteiger partial charge in [-0.1, -0.05) is 23.7 Å². The van der Waals surface area contributed by atoms with E-state index in [9.17, 15) is 9.59 Å². The molecule has 0 fully saturated rings. The molecule has 3 rings (SSSR count). The quantitative estimate of drug-likeness (QED) is 0.509. The molecule has 0 saturated heterocycles. The molecule has 0 spiro atoms. The van der Waals surface area contributed by atoms with E-state index in [1.807, 2.05) is 0 Å². The van der Waals surface area contributed by atoms with Gasteiger partial charge in [0.2, 0.25) is 0 Å². The normalized spacial score (nSPS) is 10.7. The molecule has 0 unspecified atom stereocenters. The van der Waals surface area contributed by atoms with Crippen LogP contribution in [0.3, 0.4) is 0 Å². The number of fused-ring (bicyclic) bond motifs is 1. The number of methoxy groups -OCH3 is 1. The molecule has 1 aromatic heterocycles. The second-order valence-corrected chi connectivity index (χ2v) is 5.88. The first-order valence-electron chi connectivity index (χ1n) is 7.52. The fraction of sp³-hybridized carbons (Fsp3) is 0.158. The summed E-state index contributed by atoms with van der Waals surface area (Å²) in [6.45, 7) is 1.59. The van der Waals surface area contributed by atoms with Gasteiger partial charge in [-0.3, -0.25) is 4.79 Å². The lowest BCUT2D eigenvalue weighted by atomic mass is 10.1. The minimum Gasteiger partial charge on any atom is -0.497 e. The van der Waals surface area contributed by atoms with E-state index in [0.717, 1.165) is 10.9 Å². The molecule has 0 aliphatic carbocycles. The highest BCUT2D eigenvalue weighted by Gasteiger charge is 2.12. The molecule has 2 aromatic carbocycles. The van der Waals surface area contributed by atoms with E-state index in [-0.39, 0.29) is 18.1 Å². The number of halogens is 1. The number of ether oxygens (including phenoxy) is 2. The standard InChI is InChI=1S/C19H15ClO5/c1-11-6-19(22)25-17-9-18(15(20)8-14(11)17)24-10-16(21)12-4-3-5-13(7-12)23-2/h3-9H,10H2,1-2H3. The lowest BCUT2D eigenvalue weighted by Crippen LogP contribution is -2.12. The Balaban J connectivity index is 1.84. The summed E-state index contributed by atoms with van der Waals surface area (Å²) < 4.78 is 15.8. The Morgan fingerprint density at radius 1 is 1.20 bits per heavy atom. The number of aryl methyl sites for hydroxylation is 1. The van der Waals surface area contributed by atoms with E-state index in [2.05, 4.69) is 0 Å². The van der Waals surface area contributed by atoms with Crippen molar-refractivity contribution in [1.29, 1.82) is 0 Å². The SMILES string of the molecule is COc1cccc(C(=O)COc2cc3oc(=O)cc(C)c3cc2Cl)c1. The van der Waals surface area contributed by atoms with Gasteiger partial charge < -0.3 is 13.9 Å². The molecule has 0 radical (unpaired) electrons. The van der Waals surface area contributed by atoms with Crippen LogP contribution in [0, 0.1) is 6.92 Å². The predicted octanol–water partition coefficient (Wildman–Crippen LogP) is 4.03. The van der Waals surface area contributed by atoms with Crippen LogP contribution in [0.15, 0.2) is 51.7 Å². The van der Waals surface area contributed by atoms with Crippen molar-refractivity contribution < 1.29 is 18.7 Å². The summed E-state index contributed by atoms with van der Waals surface area (Å²) in [7, 11) is 1.53. The Labute approximate surface area is 148 Å². The molecule has 0 atom stereocenters. The third-order valence-corrected chi connectivity index (χ3v) is 4.05. The Kier molecular flexibility index (Phi) is 4.76. The Bertz CT molecular complexity index is 1010. The van der Waals surface area contributed by atoms with Gasteiger partial charge in [-0.25, -0.2) is 4.79 Å². The van der Waals surface area contributed by atoms with Crippen molar-refractivity contribution in [1.82, 2.24) is 0 Å². The highest BCUT2D eigenvalue weighted by Crippen LogP contribution is 2.31. The molecule has 6 heteroatoms. The summed E-state index contributed by atoms with van der Waals surface area (Å²) in [6, 6.07) is 11.4. The Morgan fingerprint density at radius 3 is 2.76 bits per heavy atom. The molecule has 25 heavy (non-hydrogen) atoms. The molecule has 128 valence electrons. The number of hydrogen-bond donors (Lipinski definition) is 0. The van der Waals surface area contributed by atoms with E-state index >= 15 is 0 Å². The van der Waals surface area contributed by atoms with Gasteiger partial charge in [0.05, 0.1) is 12.1 Å². The van der Waals surface area contributed by atoms with Crippen molar-refractivity contribution in [3.63, 3.8) is 0 Å². The summed E-state index contributed by atoms with van der Waals surface area (Å²) in [6.07, 6.45) is 0. The van der Waals surface area contributed by atoms with E-state index < -0.39 is 5.63 Å². The number of hydrogen-bond acceptors (Lipinski definition) is 5. The molecule has 0 N–H and O–H groups in total. The van der Waals surface area contributed by atoms with Crippen molar-refractivity contribution in [2.75, 3.05) is 13.7 Å². The predicted molar refractivity (Wildman–Crippen MR) is 95.1 cm³/mol. The average molecular weight is 359 g/mol. The number of carbonyl (C=O) groups is 1. The molecule has 0 bridgehead atoms. The molecule has 0 aliphatic heterocycles. The second-order valence-electron chi connectivity index (χ2n) is 5.47. The number of rotatable bonds is 5. The van der Waals surface area contributed by atoms with Crippen molar-refractivity contribution in [2.45, 2.75) is 6.92 Å². The van der Waals surface area contributed by atoms with Crippen LogP contribution in [0.2, 0.25) is 5.02 Å². The maximum atomic E-state index is 12.3. The van der Waals surface area contributed by atoms with Crippen LogP contribution >= 0.6 is 11.6 Å². The van der Waals surface area contributed by atoms with Crippen LogP contribution in [-0.2, 0) is 0 Å². The molecule has 1 heterocycles.